The minimum absolute atomic E-state index is 0.126. The molecule has 0 radical (unpaired) electrons. The molecular weight excluding hydrogens is 777 g/mol. The van der Waals surface area contributed by atoms with Crippen LogP contribution in [0.25, 0.3) is 132 Å². The number of furan rings is 1. The molecular formula is C61H38N2O. The van der Waals surface area contributed by atoms with Gasteiger partial charge in [0.2, 0.25) is 0 Å². The second kappa shape index (κ2) is 12.1. The van der Waals surface area contributed by atoms with Gasteiger partial charge in [0, 0.05) is 54.9 Å². The summed E-state index contributed by atoms with van der Waals surface area (Å²) in [4.78, 5) is 0. The highest BCUT2D eigenvalue weighted by molar-refractivity contribution is 6.21. The van der Waals surface area contributed by atoms with Crippen LogP contribution in [0.3, 0.4) is 0 Å². The molecule has 0 saturated heterocycles. The number of para-hydroxylation sites is 2. The smallest absolute Gasteiger partial charge is 0.137 e. The number of hydrogen-bond donors (Lipinski definition) is 0. The summed E-state index contributed by atoms with van der Waals surface area (Å²) < 4.78 is 11.4. The Balaban J connectivity index is 1.000. The molecule has 0 aliphatic heterocycles. The number of aromatic nitrogens is 2. The van der Waals surface area contributed by atoms with E-state index in [-0.39, 0.29) is 5.41 Å². The fraction of sp³-hybridized carbons (Fsp3) is 0.0492. The van der Waals surface area contributed by atoms with E-state index in [0.29, 0.717) is 0 Å². The molecule has 0 saturated carbocycles. The summed E-state index contributed by atoms with van der Waals surface area (Å²) in [7, 11) is 0. The quantitative estimate of drug-likeness (QED) is 0.174. The number of hydrogen-bond acceptors (Lipinski definition) is 1. The lowest BCUT2D eigenvalue weighted by molar-refractivity contribution is 0.661. The van der Waals surface area contributed by atoms with Gasteiger partial charge >= 0.3 is 0 Å². The SMILES string of the molecule is CC1(C)c2ccccc2-c2cc3c4cc(-c5ccc6c(c5)c5cc7c(cc5n6-c5ccccc5)oc5ccccc57)ccc4n(-c4ccc5c6c(cccc46)-c4ccccc4-5)c3cc21. The highest BCUT2D eigenvalue weighted by atomic mass is 16.3. The summed E-state index contributed by atoms with van der Waals surface area (Å²) in [6.07, 6.45) is 0. The first-order valence-electron chi connectivity index (χ1n) is 22.3. The van der Waals surface area contributed by atoms with E-state index in [1.807, 2.05) is 6.07 Å². The summed E-state index contributed by atoms with van der Waals surface area (Å²) in [6.45, 7) is 4.77. The standard InChI is InChI=1S/C61H38N2O/c1-61(2)51-21-10-8-17-40(51)45-31-48-47-30-36(24-27-55(47)63(56(48)33-52(45)61)53-28-25-43-39-16-7-6-15-38(39)42-19-12-20-44(53)60(42)43)35-23-26-54-46(29-35)49-32-50-41-18-9-11-22-58(41)64-59(50)34-57(49)62(54)37-13-4-3-5-14-37/h3-34H,1-2H3. The zero-order valence-electron chi connectivity index (χ0n) is 35.3. The third-order valence-corrected chi connectivity index (χ3v) is 14.8. The van der Waals surface area contributed by atoms with Crippen molar-refractivity contribution >= 4 is 76.3 Å². The van der Waals surface area contributed by atoms with Gasteiger partial charge in [-0.1, -0.05) is 135 Å². The number of fused-ring (bicyclic) bond motifs is 15. The van der Waals surface area contributed by atoms with Gasteiger partial charge in [-0.05, 0) is 128 Å². The van der Waals surface area contributed by atoms with Crippen LogP contribution in [-0.4, -0.2) is 9.13 Å². The molecule has 13 aromatic rings. The van der Waals surface area contributed by atoms with Crippen molar-refractivity contribution in [2.45, 2.75) is 19.3 Å². The summed E-state index contributed by atoms with van der Waals surface area (Å²) in [5.41, 5.74) is 21.9. The van der Waals surface area contributed by atoms with Gasteiger partial charge in [-0.25, -0.2) is 0 Å². The predicted molar refractivity (Wildman–Crippen MR) is 267 cm³/mol. The van der Waals surface area contributed by atoms with Crippen LogP contribution in [-0.2, 0) is 5.41 Å². The number of benzene rings is 10. The van der Waals surface area contributed by atoms with E-state index in [0.717, 1.165) is 33.1 Å². The average Bonchev–Trinajstić information content (AvgIpc) is 4.11. The van der Waals surface area contributed by atoms with Crippen LogP contribution in [0.1, 0.15) is 25.0 Å². The van der Waals surface area contributed by atoms with Crippen molar-refractivity contribution in [3.05, 3.63) is 205 Å². The molecule has 3 heteroatoms. The van der Waals surface area contributed by atoms with Crippen LogP contribution in [0.4, 0.5) is 0 Å². The van der Waals surface area contributed by atoms with Crippen LogP contribution in [0.2, 0.25) is 0 Å². The monoisotopic (exact) mass is 814 g/mol. The lowest BCUT2D eigenvalue weighted by atomic mass is 9.82. The first-order valence-corrected chi connectivity index (χ1v) is 22.3. The Bertz CT molecular complexity index is 4180. The van der Waals surface area contributed by atoms with Crippen LogP contribution >= 0.6 is 0 Å². The van der Waals surface area contributed by atoms with Crippen molar-refractivity contribution in [1.82, 2.24) is 9.13 Å². The van der Waals surface area contributed by atoms with Gasteiger partial charge in [0.1, 0.15) is 11.2 Å². The average molecular weight is 815 g/mol. The molecule has 2 aliphatic carbocycles. The third-order valence-electron chi connectivity index (χ3n) is 14.8. The van der Waals surface area contributed by atoms with Crippen molar-refractivity contribution in [3.8, 4) is 55.9 Å². The minimum Gasteiger partial charge on any atom is -0.456 e. The van der Waals surface area contributed by atoms with Crippen molar-refractivity contribution < 1.29 is 4.42 Å². The van der Waals surface area contributed by atoms with E-state index in [9.17, 15) is 0 Å². The third kappa shape index (κ3) is 4.36. The van der Waals surface area contributed by atoms with Gasteiger partial charge in [-0.3, -0.25) is 0 Å². The number of rotatable bonds is 3. The molecule has 64 heavy (non-hydrogen) atoms. The maximum atomic E-state index is 6.45. The molecule has 0 spiro atoms. The predicted octanol–water partition coefficient (Wildman–Crippen LogP) is 16.6. The van der Waals surface area contributed by atoms with Gasteiger partial charge < -0.3 is 13.6 Å². The first kappa shape index (κ1) is 34.4. The van der Waals surface area contributed by atoms with Gasteiger partial charge in [-0.2, -0.15) is 0 Å². The fourth-order valence-electron chi connectivity index (χ4n) is 11.9. The van der Waals surface area contributed by atoms with Crippen LogP contribution in [0.15, 0.2) is 199 Å². The Hall–Kier alpha value is -8.14. The Morgan fingerprint density at radius 2 is 0.953 bits per heavy atom. The van der Waals surface area contributed by atoms with E-state index < -0.39 is 0 Å². The van der Waals surface area contributed by atoms with Crippen molar-refractivity contribution in [1.29, 1.82) is 0 Å². The van der Waals surface area contributed by atoms with E-state index in [1.54, 1.807) is 0 Å². The highest BCUT2D eigenvalue weighted by Crippen LogP contribution is 2.53. The Morgan fingerprint density at radius 1 is 0.344 bits per heavy atom. The van der Waals surface area contributed by atoms with Crippen LogP contribution < -0.4 is 0 Å². The van der Waals surface area contributed by atoms with E-state index >= 15 is 0 Å². The van der Waals surface area contributed by atoms with Gasteiger partial charge in [0.05, 0.1) is 27.8 Å². The molecule has 298 valence electrons. The van der Waals surface area contributed by atoms with Crippen molar-refractivity contribution in [2.75, 3.05) is 0 Å². The van der Waals surface area contributed by atoms with E-state index in [2.05, 4.69) is 211 Å². The molecule has 0 unspecified atom stereocenters. The summed E-state index contributed by atoms with van der Waals surface area (Å²) >= 11 is 0. The molecule has 2 aliphatic rings. The van der Waals surface area contributed by atoms with Gasteiger partial charge in [0.25, 0.3) is 0 Å². The zero-order chi connectivity index (χ0) is 42.0. The molecule has 3 nitrogen and oxygen atoms in total. The molecule has 3 heterocycles. The van der Waals surface area contributed by atoms with Gasteiger partial charge in [-0.15, -0.1) is 0 Å². The van der Waals surface area contributed by atoms with E-state index in [4.69, 9.17) is 4.42 Å². The first-order chi connectivity index (χ1) is 31.5. The number of nitrogens with zero attached hydrogens (tertiary/aromatic N) is 2. The summed E-state index contributed by atoms with van der Waals surface area (Å²) in [5, 5.41) is 9.84. The Labute approximate surface area is 368 Å². The van der Waals surface area contributed by atoms with E-state index in [1.165, 1.54) is 110 Å². The molecule has 0 fully saturated rings. The topological polar surface area (TPSA) is 23.0 Å². The van der Waals surface area contributed by atoms with Gasteiger partial charge in [0.15, 0.2) is 0 Å². The minimum atomic E-state index is -0.126. The largest absolute Gasteiger partial charge is 0.456 e. The fourth-order valence-corrected chi connectivity index (χ4v) is 11.9. The van der Waals surface area contributed by atoms with Crippen LogP contribution in [0.5, 0.6) is 0 Å². The molecule has 0 amide bonds. The second-order valence-electron chi connectivity index (χ2n) is 18.4. The molecule has 10 aromatic carbocycles. The Kier molecular flexibility index (Phi) is 6.49. The molecule has 15 rings (SSSR count). The Morgan fingerprint density at radius 3 is 1.75 bits per heavy atom. The van der Waals surface area contributed by atoms with Crippen LogP contribution in [0, 0.1) is 0 Å². The zero-order valence-corrected chi connectivity index (χ0v) is 35.3. The second-order valence-corrected chi connectivity index (χ2v) is 18.4. The molecule has 0 bridgehead atoms. The summed E-state index contributed by atoms with van der Waals surface area (Å²) in [6, 6.07) is 72.2. The maximum absolute atomic E-state index is 6.45. The summed E-state index contributed by atoms with van der Waals surface area (Å²) in [5.74, 6) is 0. The highest BCUT2D eigenvalue weighted by Gasteiger charge is 2.36. The molecule has 0 N–H and O–H groups in total. The lowest BCUT2D eigenvalue weighted by Crippen LogP contribution is -2.15. The van der Waals surface area contributed by atoms with Crippen molar-refractivity contribution in [2.24, 2.45) is 0 Å². The molecule has 3 aromatic heterocycles. The normalized spacial score (nSPS) is 13.6. The molecule has 0 atom stereocenters. The maximum Gasteiger partial charge on any atom is 0.137 e. The van der Waals surface area contributed by atoms with Crippen molar-refractivity contribution in [3.63, 3.8) is 0 Å². The lowest BCUT2D eigenvalue weighted by Gasteiger charge is -2.22.